The van der Waals surface area contributed by atoms with Crippen molar-refractivity contribution in [3.8, 4) is 11.5 Å². The summed E-state index contributed by atoms with van der Waals surface area (Å²) in [7, 11) is 3.21. The minimum absolute atomic E-state index is 0. The van der Waals surface area contributed by atoms with E-state index in [1.54, 1.807) is 14.2 Å². The topological polar surface area (TPSA) is 50.7 Å². The SMILES string of the molecule is COc1cc(CNCCO)cc(Br)c1OC.Cl. The molecule has 0 aromatic heterocycles. The monoisotopic (exact) mass is 325 g/mol. The third-order valence-electron chi connectivity index (χ3n) is 2.11. The molecule has 2 N–H and O–H groups in total. The highest BCUT2D eigenvalue weighted by atomic mass is 79.9. The van der Waals surface area contributed by atoms with Crippen LogP contribution < -0.4 is 14.8 Å². The van der Waals surface area contributed by atoms with E-state index < -0.39 is 0 Å². The standard InChI is InChI=1S/C11H16BrNO3.ClH/c1-15-10-6-8(7-13-3-4-14)5-9(12)11(10)16-2;/h5-6,13-14H,3-4,7H2,1-2H3;1H. The largest absolute Gasteiger partial charge is 0.493 e. The van der Waals surface area contributed by atoms with E-state index in [0.717, 1.165) is 10.0 Å². The summed E-state index contributed by atoms with van der Waals surface area (Å²) in [5, 5.41) is 11.8. The van der Waals surface area contributed by atoms with Gasteiger partial charge in [-0.25, -0.2) is 0 Å². The Morgan fingerprint density at radius 3 is 2.53 bits per heavy atom. The Morgan fingerprint density at radius 2 is 2.00 bits per heavy atom. The van der Waals surface area contributed by atoms with E-state index in [1.165, 1.54) is 0 Å². The van der Waals surface area contributed by atoms with E-state index in [9.17, 15) is 0 Å². The molecule has 0 spiro atoms. The lowest BCUT2D eigenvalue weighted by atomic mass is 10.2. The lowest BCUT2D eigenvalue weighted by Gasteiger charge is -2.12. The van der Waals surface area contributed by atoms with Crippen molar-refractivity contribution in [2.45, 2.75) is 6.54 Å². The molecule has 0 bridgehead atoms. The van der Waals surface area contributed by atoms with Crippen molar-refractivity contribution in [3.63, 3.8) is 0 Å². The lowest BCUT2D eigenvalue weighted by Crippen LogP contribution is -2.17. The number of aliphatic hydroxyl groups excluding tert-OH is 1. The molecular formula is C11H17BrClNO3. The third kappa shape index (κ3) is 4.71. The molecule has 0 fully saturated rings. The first-order valence-electron chi connectivity index (χ1n) is 4.95. The fourth-order valence-electron chi connectivity index (χ4n) is 1.39. The van der Waals surface area contributed by atoms with Crippen LogP contribution in [-0.4, -0.2) is 32.5 Å². The minimum Gasteiger partial charge on any atom is -0.493 e. The number of methoxy groups -OCH3 is 2. The fourth-order valence-corrected chi connectivity index (χ4v) is 2.04. The Kier molecular flexibility index (Phi) is 8.33. The van der Waals surface area contributed by atoms with Gasteiger partial charge in [-0.2, -0.15) is 0 Å². The Hall–Kier alpha value is -0.490. The maximum absolute atomic E-state index is 8.67. The van der Waals surface area contributed by atoms with Crippen molar-refractivity contribution < 1.29 is 14.6 Å². The van der Waals surface area contributed by atoms with E-state index >= 15 is 0 Å². The van der Waals surface area contributed by atoms with Gasteiger partial charge in [-0.3, -0.25) is 0 Å². The smallest absolute Gasteiger partial charge is 0.174 e. The first kappa shape index (κ1) is 16.5. The molecule has 0 amide bonds. The number of benzene rings is 1. The molecule has 1 rings (SSSR count). The molecular weight excluding hydrogens is 309 g/mol. The second-order valence-electron chi connectivity index (χ2n) is 3.21. The lowest BCUT2D eigenvalue weighted by molar-refractivity contribution is 0.292. The van der Waals surface area contributed by atoms with Gasteiger partial charge in [0, 0.05) is 13.1 Å². The molecule has 17 heavy (non-hydrogen) atoms. The molecule has 0 unspecified atom stereocenters. The van der Waals surface area contributed by atoms with Gasteiger partial charge in [0.15, 0.2) is 11.5 Å². The number of aliphatic hydroxyl groups is 1. The van der Waals surface area contributed by atoms with Crippen LogP contribution in [0.25, 0.3) is 0 Å². The Labute approximate surface area is 116 Å². The number of hydrogen-bond acceptors (Lipinski definition) is 4. The van der Waals surface area contributed by atoms with Crippen molar-refractivity contribution in [1.29, 1.82) is 0 Å². The maximum atomic E-state index is 8.67. The van der Waals surface area contributed by atoms with Crippen LogP contribution in [0.3, 0.4) is 0 Å². The summed E-state index contributed by atoms with van der Waals surface area (Å²) < 4.78 is 11.3. The van der Waals surface area contributed by atoms with Crippen LogP contribution in [0.4, 0.5) is 0 Å². The number of halogens is 2. The third-order valence-corrected chi connectivity index (χ3v) is 2.70. The maximum Gasteiger partial charge on any atom is 0.174 e. The van der Waals surface area contributed by atoms with Gasteiger partial charge in [-0.1, -0.05) is 0 Å². The Morgan fingerprint density at radius 1 is 1.29 bits per heavy atom. The highest BCUT2D eigenvalue weighted by molar-refractivity contribution is 9.10. The predicted octanol–water partition coefficient (Wildman–Crippen LogP) is 1.97. The summed E-state index contributed by atoms with van der Waals surface area (Å²) in [6, 6.07) is 3.87. The summed E-state index contributed by atoms with van der Waals surface area (Å²) >= 11 is 3.43. The summed E-state index contributed by atoms with van der Waals surface area (Å²) in [4.78, 5) is 0. The van der Waals surface area contributed by atoms with Crippen molar-refractivity contribution in [3.05, 3.63) is 22.2 Å². The molecule has 0 radical (unpaired) electrons. The molecule has 4 nitrogen and oxygen atoms in total. The molecule has 0 saturated heterocycles. The molecule has 1 aromatic rings. The number of hydrogen-bond donors (Lipinski definition) is 2. The number of nitrogens with one attached hydrogen (secondary N) is 1. The van der Waals surface area contributed by atoms with Crippen molar-refractivity contribution in [2.24, 2.45) is 0 Å². The first-order chi connectivity index (χ1) is 7.72. The Bertz CT molecular complexity index is 350. The van der Waals surface area contributed by atoms with E-state index in [2.05, 4.69) is 21.2 Å². The van der Waals surface area contributed by atoms with Crippen LogP contribution in [0.2, 0.25) is 0 Å². The van der Waals surface area contributed by atoms with Crippen molar-refractivity contribution >= 4 is 28.3 Å². The van der Waals surface area contributed by atoms with Gasteiger partial charge < -0.3 is 19.9 Å². The molecule has 0 aliphatic rings. The second kappa shape index (κ2) is 8.58. The molecule has 0 aliphatic carbocycles. The van der Waals surface area contributed by atoms with Gasteiger partial charge in [-0.15, -0.1) is 12.4 Å². The molecule has 0 atom stereocenters. The average Bonchev–Trinajstić information content (AvgIpc) is 2.28. The highest BCUT2D eigenvalue weighted by Crippen LogP contribution is 2.36. The van der Waals surface area contributed by atoms with Crippen LogP contribution >= 0.6 is 28.3 Å². The summed E-state index contributed by atoms with van der Waals surface area (Å²) in [6.45, 7) is 1.39. The zero-order chi connectivity index (χ0) is 12.0. The molecule has 6 heteroatoms. The van der Waals surface area contributed by atoms with Gasteiger partial charge in [0.25, 0.3) is 0 Å². The molecule has 98 valence electrons. The molecule has 0 saturated carbocycles. The van der Waals surface area contributed by atoms with E-state index in [0.29, 0.717) is 24.6 Å². The van der Waals surface area contributed by atoms with Crippen molar-refractivity contribution in [2.75, 3.05) is 27.4 Å². The van der Waals surface area contributed by atoms with Gasteiger partial charge >= 0.3 is 0 Å². The van der Waals surface area contributed by atoms with E-state index in [-0.39, 0.29) is 19.0 Å². The predicted molar refractivity (Wildman–Crippen MR) is 73.3 cm³/mol. The van der Waals surface area contributed by atoms with Crippen LogP contribution in [0, 0.1) is 0 Å². The summed E-state index contributed by atoms with van der Waals surface area (Å²) in [6.07, 6.45) is 0. The van der Waals surface area contributed by atoms with Gasteiger partial charge in [0.2, 0.25) is 0 Å². The molecule has 1 aromatic carbocycles. The summed E-state index contributed by atoms with van der Waals surface area (Å²) in [5.74, 6) is 1.38. The van der Waals surface area contributed by atoms with Gasteiger partial charge in [0.05, 0.1) is 25.3 Å². The zero-order valence-electron chi connectivity index (χ0n) is 9.83. The molecule has 0 aliphatic heterocycles. The van der Waals surface area contributed by atoms with E-state index in [1.807, 2.05) is 12.1 Å². The van der Waals surface area contributed by atoms with Crippen LogP contribution in [-0.2, 0) is 6.54 Å². The molecule has 0 heterocycles. The van der Waals surface area contributed by atoms with Gasteiger partial charge in [0.1, 0.15) is 0 Å². The van der Waals surface area contributed by atoms with Crippen LogP contribution in [0.15, 0.2) is 16.6 Å². The highest BCUT2D eigenvalue weighted by Gasteiger charge is 2.09. The van der Waals surface area contributed by atoms with Crippen molar-refractivity contribution in [1.82, 2.24) is 5.32 Å². The quantitative estimate of drug-likeness (QED) is 0.785. The normalized spacial score (nSPS) is 9.65. The number of ether oxygens (including phenoxy) is 2. The van der Waals surface area contributed by atoms with E-state index in [4.69, 9.17) is 14.6 Å². The van der Waals surface area contributed by atoms with Crippen LogP contribution in [0.1, 0.15) is 5.56 Å². The number of rotatable bonds is 6. The van der Waals surface area contributed by atoms with Gasteiger partial charge in [-0.05, 0) is 33.6 Å². The second-order valence-corrected chi connectivity index (χ2v) is 4.07. The van der Waals surface area contributed by atoms with Crippen LogP contribution in [0.5, 0.6) is 11.5 Å². The summed E-state index contributed by atoms with van der Waals surface area (Å²) in [5.41, 5.74) is 1.07. The fraction of sp³-hybridized carbons (Fsp3) is 0.455. The zero-order valence-corrected chi connectivity index (χ0v) is 12.2. The first-order valence-corrected chi connectivity index (χ1v) is 5.74. The Balaban J connectivity index is 0.00000256. The minimum atomic E-state index is 0. The average molecular weight is 327 g/mol.